The second kappa shape index (κ2) is 2.88. The molecule has 0 bridgehead atoms. The van der Waals surface area contributed by atoms with Gasteiger partial charge in [-0.05, 0) is 43.5 Å². The Kier molecular flexibility index (Phi) is 1.96. The quantitative estimate of drug-likeness (QED) is 0.693. The molecule has 3 heteroatoms. The third-order valence-electron chi connectivity index (χ3n) is 2.42. The summed E-state index contributed by atoms with van der Waals surface area (Å²) in [4.78, 5) is 0. The predicted octanol–water partition coefficient (Wildman–Crippen LogP) is 1.90. The third-order valence-corrected chi connectivity index (χ3v) is 3.94. The highest BCUT2D eigenvalue weighted by Crippen LogP contribution is 2.36. The molecule has 1 heterocycles. The summed E-state index contributed by atoms with van der Waals surface area (Å²) in [5.41, 5.74) is 2.51. The normalized spacial score (nSPS) is 15.2. The fraction of sp³-hybridized carbons (Fsp3) is 0.400. The van der Waals surface area contributed by atoms with Crippen LogP contribution in [0.5, 0.6) is 0 Å². The molecular formula is C10H14NOP. The fourth-order valence-electron chi connectivity index (χ4n) is 1.63. The lowest BCUT2D eigenvalue weighted by Gasteiger charge is -2.08. The standard InChI is InChI=1S/C10H14NOP/c1-13(2,12)9-3-4-10-8(7-9)5-6-11-10/h3-4,7,11H,5-6H2,1-2H3. The summed E-state index contributed by atoms with van der Waals surface area (Å²) < 4.78 is 11.8. The molecule has 70 valence electrons. The first-order chi connectivity index (χ1) is 6.07. The van der Waals surface area contributed by atoms with Crippen molar-refractivity contribution >= 4 is 18.1 Å². The second-order valence-corrected chi connectivity index (χ2v) is 7.09. The molecule has 0 aliphatic carbocycles. The van der Waals surface area contributed by atoms with Crippen LogP contribution in [-0.4, -0.2) is 19.9 Å². The van der Waals surface area contributed by atoms with E-state index in [1.54, 1.807) is 0 Å². The zero-order valence-electron chi connectivity index (χ0n) is 8.00. The van der Waals surface area contributed by atoms with Gasteiger partial charge in [-0.3, -0.25) is 0 Å². The maximum atomic E-state index is 11.8. The van der Waals surface area contributed by atoms with Gasteiger partial charge in [0.2, 0.25) is 0 Å². The Morgan fingerprint density at radius 2 is 2.15 bits per heavy atom. The van der Waals surface area contributed by atoms with Gasteiger partial charge in [-0.25, -0.2) is 0 Å². The van der Waals surface area contributed by atoms with Gasteiger partial charge in [-0.1, -0.05) is 0 Å². The molecule has 0 unspecified atom stereocenters. The molecule has 1 aliphatic rings. The molecule has 0 aromatic heterocycles. The van der Waals surface area contributed by atoms with Gasteiger partial charge in [-0.15, -0.1) is 0 Å². The maximum Gasteiger partial charge on any atom is 0.109 e. The van der Waals surface area contributed by atoms with Gasteiger partial charge in [0.1, 0.15) is 7.14 Å². The van der Waals surface area contributed by atoms with Crippen LogP contribution in [0.3, 0.4) is 0 Å². The summed E-state index contributed by atoms with van der Waals surface area (Å²) in [5.74, 6) is 0. The molecule has 1 aromatic carbocycles. The van der Waals surface area contributed by atoms with Crippen LogP contribution in [0.25, 0.3) is 0 Å². The smallest absolute Gasteiger partial charge is 0.109 e. The molecule has 1 N–H and O–H groups in total. The number of rotatable bonds is 1. The van der Waals surface area contributed by atoms with Crippen LogP contribution in [0, 0.1) is 0 Å². The monoisotopic (exact) mass is 195 g/mol. The lowest BCUT2D eigenvalue weighted by Crippen LogP contribution is -2.03. The highest BCUT2D eigenvalue weighted by Gasteiger charge is 2.15. The first kappa shape index (κ1) is 8.83. The fourth-order valence-corrected chi connectivity index (χ4v) is 2.53. The largest absolute Gasteiger partial charge is 0.384 e. The number of benzene rings is 1. The van der Waals surface area contributed by atoms with Crippen molar-refractivity contribution in [1.82, 2.24) is 0 Å². The number of nitrogens with one attached hydrogen (secondary N) is 1. The van der Waals surface area contributed by atoms with Crippen molar-refractivity contribution in [2.24, 2.45) is 0 Å². The van der Waals surface area contributed by atoms with Gasteiger partial charge in [-0.2, -0.15) is 0 Å². The van der Waals surface area contributed by atoms with Crippen LogP contribution >= 0.6 is 7.14 Å². The van der Waals surface area contributed by atoms with E-state index in [1.807, 2.05) is 25.5 Å². The number of fused-ring (bicyclic) bond motifs is 1. The Bertz CT molecular complexity index is 381. The van der Waals surface area contributed by atoms with E-state index < -0.39 is 7.14 Å². The highest BCUT2D eigenvalue weighted by atomic mass is 31.2. The van der Waals surface area contributed by atoms with Crippen molar-refractivity contribution in [3.05, 3.63) is 23.8 Å². The van der Waals surface area contributed by atoms with Crippen molar-refractivity contribution in [1.29, 1.82) is 0 Å². The number of hydrogen-bond donors (Lipinski definition) is 1. The van der Waals surface area contributed by atoms with Crippen LogP contribution in [0.2, 0.25) is 0 Å². The van der Waals surface area contributed by atoms with Crippen LogP contribution < -0.4 is 10.6 Å². The van der Waals surface area contributed by atoms with Crippen molar-refractivity contribution < 1.29 is 4.57 Å². The molecule has 0 atom stereocenters. The maximum absolute atomic E-state index is 11.8. The minimum atomic E-state index is -2.08. The Morgan fingerprint density at radius 1 is 1.38 bits per heavy atom. The molecule has 0 spiro atoms. The summed E-state index contributed by atoms with van der Waals surface area (Å²) in [6.07, 6.45) is 1.06. The van der Waals surface area contributed by atoms with E-state index in [4.69, 9.17) is 0 Å². The molecule has 0 amide bonds. The summed E-state index contributed by atoms with van der Waals surface area (Å²) in [7, 11) is -2.08. The predicted molar refractivity (Wildman–Crippen MR) is 57.7 cm³/mol. The summed E-state index contributed by atoms with van der Waals surface area (Å²) >= 11 is 0. The van der Waals surface area contributed by atoms with E-state index in [0.29, 0.717) is 0 Å². The van der Waals surface area contributed by atoms with E-state index in [-0.39, 0.29) is 0 Å². The van der Waals surface area contributed by atoms with Crippen LogP contribution in [-0.2, 0) is 11.0 Å². The Hall–Kier alpha value is -0.750. The molecule has 2 rings (SSSR count). The molecule has 0 fully saturated rings. The Morgan fingerprint density at radius 3 is 2.85 bits per heavy atom. The highest BCUT2D eigenvalue weighted by molar-refractivity contribution is 7.70. The Labute approximate surface area is 78.7 Å². The van der Waals surface area contributed by atoms with E-state index in [2.05, 4.69) is 11.4 Å². The van der Waals surface area contributed by atoms with Gasteiger partial charge < -0.3 is 9.88 Å². The Balaban J connectivity index is 2.48. The first-order valence-corrected chi connectivity index (χ1v) is 7.10. The molecule has 0 saturated carbocycles. The van der Waals surface area contributed by atoms with Gasteiger partial charge in [0.25, 0.3) is 0 Å². The van der Waals surface area contributed by atoms with E-state index >= 15 is 0 Å². The van der Waals surface area contributed by atoms with Crippen LogP contribution in [0.4, 0.5) is 5.69 Å². The van der Waals surface area contributed by atoms with Gasteiger partial charge in [0.05, 0.1) is 0 Å². The molecule has 1 aliphatic heterocycles. The molecule has 1 aromatic rings. The second-order valence-electron chi connectivity index (χ2n) is 3.87. The minimum absolute atomic E-state index is 0.995. The average molecular weight is 195 g/mol. The SMILES string of the molecule is CP(C)(=O)c1ccc2c(c1)CCN2. The van der Waals surface area contributed by atoms with E-state index in [1.165, 1.54) is 11.3 Å². The van der Waals surface area contributed by atoms with Crippen molar-refractivity contribution in [2.45, 2.75) is 6.42 Å². The summed E-state index contributed by atoms with van der Waals surface area (Å²) in [6.45, 7) is 4.64. The summed E-state index contributed by atoms with van der Waals surface area (Å²) in [5, 5.41) is 4.28. The van der Waals surface area contributed by atoms with E-state index in [0.717, 1.165) is 18.3 Å². The van der Waals surface area contributed by atoms with E-state index in [9.17, 15) is 4.57 Å². The van der Waals surface area contributed by atoms with Crippen molar-refractivity contribution in [2.75, 3.05) is 25.2 Å². The molecular weight excluding hydrogens is 181 g/mol. The lowest BCUT2D eigenvalue weighted by molar-refractivity contribution is 0.588. The molecule has 2 nitrogen and oxygen atoms in total. The number of hydrogen-bond acceptors (Lipinski definition) is 2. The minimum Gasteiger partial charge on any atom is -0.384 e. The number of anilines is 1. The zero-order chi connectivity index (χ0) is 9.47. The summed E-state index contributed by atoms with van der Waals surface area (Å²) in [6, 6.07) is 6.09. The van der Waals surface area contributed by atoms with Crippen LogP contribution in [0.15, 0.2) is 18.2 Å². The molecule has 0 saturated heterocycles. The molecule has 13 heavy (non-hydrogen) atoms. The average Bonchev–Trinajstić information content (AvgIpc) is 2.47. The first-order valence-electron chi connectivity index (χ1n) is 4.50. The van der Waals surface area contributed by atoms with Crippen molar-refractivity contribution in [3.8, 4) is 0 Å². The third kappa shape index (κ3) is 1.64. The van der Waals surface area contributed by atoms with Gasteiger partial charge in [0, 0.05) is 17.5 Å². The van der Waals surface area contributed by atoms with Gasteiger partial charge >= 0.3 is 0 Å². The lowest BCUT2D eigenvalue weighted by atomic mass is 10.2. The van der Waals surface area contributed by atoms with Crippen LogP contribution in [0.1, 0.15) is 5.56 Å². The zero-order valence-corrected chi connectivity index (χ0v) is 8.90. The van der Waals surface area contributed by atoms with Crippen molar-refractivity contribution in [3.63, 3.8) is 0 Å². The van der Waals surface area contributed by atoms with Gasteiger partial charge in [0.15, 0.2) is 0 Å². The topological polar surface area (TPSA) is 29.1 Å². The molecule has 0 radical (unpaired) electrons.